The molecular formula is C24H29N5OS. The molecule has 0 unspecified atom stereocenters. The third-order valence-electron chi connectivity index (χ3n) is 5.57. The Morgan fingerprint density at radius 2 is 1.71 bits per heavy atom. The minimum absolute atomic E-state index is 0.0452. The van der Waals surface area contributed by atoms with Gasteiger partial charge >= 0.3 is 0 Å². The Bertz CT molecular complexity index is 954. The van der Waals surface area contributed by atoms with E-state index < -0.39 is 0 Å². The van der Waals surface area contributed by atoms with Crippen molar-refractivity contribution < 1.29 is 4.79 Å². The highest BCUT2D eigenvalue weighted by atomic mass is 32.1. The Kier molecular flexibility index (Phi) is 7.27. The number of likely N-dealkylation sites (N-methyl/N-ethyl adjacent to an activating group) is 1. The summed E-state index contributed by atoms with van der Waals surface area (Å²) in [6, 6.07) is 21.0. The van der Waals surface area contributed by atoms with Gasteiger partial charge in [-0.2, -0.15) is 4.37 Å². The van der Waals surface area contributed by atoms with Crippen LogP contribution in [-0.4, -0.2) is 52.9 Å². The van der Waals surface area contributed by atoms with Crippen molar-refractivity contribution in [2.45, 2.75) is 31.8 Å². The number of nitrogens with one attached hydrogen (secondary N) is 1. The summed E-state index contributed by atoms with van der Waals surface area (Å²) in [5.74, 6) is 0.841. The van der Waals surface area contributed by atoms with Gasteiger partial charge in [0.2, 0.25) is 11.0 Å². The molecule has 1 fully saturated rings. The number of likely N-dealkylation sites (tertiary alicyclic amines) is 1. The highest BCUT2D eigenvalue weighted by Crippen LogP contribution is 2.18. The molecule has 1 aromatic heterocycles. The fourth-order valence-corrected chi connectivity index (χ4v) is 4.53. The van der Waals surface area contributed by atoms with Gasteiger partial charge in [-0.3, -0.25) is 9.69 Å². The maximum atomic E-state index is 12.6. The van der Waals surface area contributed by atoms with Gasteiger partial charge in [0.25, 0.3) is 0 Å². The molecule has 0 bridgehead atoms. The number of benzene rings is 2. The van der Waals surface area contributed by atoms with Gasteiger partial charge in [-0.05, 0) is 24.0 Å². The third-order valence-corrected chi connectivity index (χ3v) is 6.44. The molecule has 1 aliphatic rings. The Morgan fingerprint density at radius 3 is 2.39 bits per heavy atom. The molecule has 0 radical (unpaired) electrons. The Hall–Kier alpha value is -2.77. The molecule has 4 rings (SSSR count). The van der Waals surface area contributed by atoms with Crippen molar-refractivity contribution in [1.29, 1.82) is 0 Å². The number of hydrogen-bond acceptors (Lipinski definition) is 6. The highest BCUT2D eigenvalue weighted by Gasteiger charge is 2.21. The zero-order valence-electron chi connectivity index (χ0n) is 17.9. The van der Waals surface area contributed by atoms with Crippen LogP contribution in [0.15, 0.2) is 60.7 Å². The van der Waals surface area contributed by atoms with Crippen LogP contribution in [0.3, 0.4) is 0 Å². The van der Waals surface area contributed by atoms with Gasteiger partial charge in [-0.25, -0.2) is 4.98 Å². The summed E-state index contributed by atoms with van der Waals surface area (Å²) >= 11 is 1.34. The van der Waals surface area contributed by atoms with Crippen LogP contribution < -0.4 is 10.2 Å². The van der Waals surface area contributed by atoms with Crippen LogP contribution in [0.1, 0.15) is 29.8 Å². The number of amides is 1. The zero-order valence-corrected chi connectivity index (χ0v) is 18.7. The van der Waals surface area contributed by atoms with E-state index in [-0.39, 0.29) is 11.9 Å². The van der Waals surface area contributed by atoms with Crippen molar-refractivity contribution in [3.63, 3.8) is 0 Å². The van der Waals surface area contributed by atoms with Crippen LogP contribution in [0.5, 0.6) is 0 Å². The topological polar surface area (TPSA) is 61.4 Å². The van der Waals surface area contributed by atoms with Crippen LogP contribution >= 0.6 is 11.5 Å². The van der Waals surface area contributed by atoms with Gasteiger partial charge in [0, 0.05) is 50.7 Å². The highest BCUT2D eigenvalue weighted by molar-refractivity contribution is 7.09. The van der Waals surface area contributed by atoms with Gasteiger partial charge in [-0.1, -0.05) is 60.7 Å². The fraction of sp³-hybridized carbons (Fsp3) is 0.375. The van der Waals surface area contributed by atoms with Crippen LogP contribution in [-0.2, 0) is 17.8 Å². The number of hydrogen-bond donors (Lipinski definition) is 1. The molecule has 0 aliphatic carbocycles. The first-order chi connectivity index (χ1) is 15.2. The molecule has 1 aliphatic heterocycles. The smallest absolute Gasteiger partial charge is 0.239 e. The largest absolute Gasteiger partial charge is 0.352 e. The van der Waals surface area contributed by atoms with Gasteiger partial charge in [0.05, 0.1) is 6.54 Å². The summed E-state index contributed by atoms with van der Waals surface area (Å²) < 4.78 is 4.45. The summed E-state index contributed by atoms with van der Waals surface area (Å²) in [5.41, 5.74) is 2.53. The minimum Gasteiger partial charge on any atom is -0.352 e. The van der Waals surface area contributed by atoms with E-state index in [0.29, 0.717) is 13.0 Å². The predicted molar refractivity (Wildman–Crippen MR) is 125 cm³/mol. The first-order valence-corrected chi connectivity index (χ1v) is 11.6. The molecule has 2 aromatic carbocycles. The third kappa shape index (κ3) is 6.35. The molecule has 31 heavy (non-hydrogen) atoms. The lowest BCUT2D eigenvalue weighted by Crippen LogP contribution is -2.46. The van der Waals surface area contributed by atoms with Gasteiger partial charge in [0.15, 0.2) is 0 Å². The molecule has 162 valence electrons. The molecule has 1 saturated heterocycles. The Balaban J connectivity index is 1.20. The quantitative estimate of drug-likeness (QED) is 0.588. The van der Waals surface area contributed by atoms with Crippen molar-refractivity contribution in [3.05, 3.63) is 77.6 Å². The molecule has 6 nitrogen and oxygen atoms in total. The molecule has 1 N–H and O–H groups in total. The van der Waals surface area contributed by atoms with E-state index in [1.165, 1.54) is 22.7 Å². The van der Waals surface area contributed by atoms with Crippen LogP contribution in [0, 0.1) is 0 Å². The van der Waals surface area contributed by atoms with Gasteiger partial charge in [-0.15, -0.1) is 0 Å². The Morgan fingerprint density at radius 1 is 1.06 bits per heavy atom. The number of anilines is 1. The Labute approximate surface area is 188 Å². The van der Waals surface area contributed by atoms with E-state index in [1.807, 2.05) is 36.2 Å². The normalized spacial score (nSPS) is 15.0. The van der Waals surface area contributed by atoms with Crippen molar-refractivity contribution in [1.82, 2.24) is 19.6 Å². The molecule has 3 aromatic rings. The van der Waals surface area contributed by atoms with Crippen LogP contribution in [0.25, 0.3) is 0 Å². The first kappa shape index (κ1) is 21.5. The number of rotatable bonds is 8. The number of piperidine rings is 1. The molecule has 2 heterocycles. The zero-order chi connectivity index (χ0) is 21.5. The molecular weight excluding hydrogens is 406 g/mol. The first-order valence-electron chi connectivity index (χ1n) is 10.8. The number of carbonyl (C=O) groups is 1. The van der Waals surface area contributed by atoms with Gasteiger partial charge < -0.3 is 10.2 Å². The number of carbonyl (C=O) groups excluding carboxylic acids is 1. The van der Waals surface area contributed by atoms with E-state index in [0.717, 1.165) is 43.4 Å². The van der Waals surface area contributed by atoms with E-state index in [9.17, 15) is 4.79 Å². The van der Waals surface area contributed by atoms with Gasteiger partial charge in [0.1, 0.15) is 5.82 Å². The summed E-state index contributed by atoms with van der Waals surface area (Å²) in [6.45, 7) is 3.29. The summed E-state index contributed by atoms with van der Waals surface area (Å²) in [7, 11) is 1.90. The number of nitrogens with zero attached hydrogens (tertiary/aromatic N) is 4. The lowest BCUT2D eigenvalue weighted by atomic mass is 10.0. The molecule has 7 heteroatoms. The standard InChI is InChI=1S/C24H29N5OS/c1-28(24-26-22(27-31-24)16-19-8-4-2-5-9-19)18-23(30)25-21-12-14-29(15-13-21)17-20-10-6-3-7-11-20/h2-11,21H,12-18H2,1H3,(H,25,30). The monoisotopic (exact) mass is 435 g/mol. The van der Waals surface area contributed by atoms with E-state index in [1.54, 1.807) is 0 Å². The van der Waals surface area contributed by atoms with Crippen LogP contribution in [0.4, 0.5) is 5.13 Å². The maximum Gasteiger partial charge on any atom is 0.239 e. The molecule has 0 atom stereocenters. The molecule has 0 spiro atoms. The lowest BCUT2D eigenvalue weighted by Gasteiger charge is -2.32. The van der Waals surface area contributed by atoms with Crippen molar-refractivity contribution in [2.24, 2.45) is 0 Å². The number of aromatic nitrogens is 2. The average molecular weight is 436 g/mol. The van der Waals surface area contributed by atoms with E-state index >= 15 is 0 Å². The predicted octanol–water partition coefficient (Wildman–Crippen LogP) is 3.35. The fourth-order valence-electron chi connectivity index (χ4n) is 3.88. The minimum atomic E-state index is 0.0452. The maximum absolute atomic E-state index is 12.6. The SMILES string of the molecule is CN(CC(=O)NC1CCN(Cc2ccccc2)CC1)c1nc(Cc2ccccc2)ns1. The summed E-state index contributed by atoms with van der Waals surface area (Å²) in [5, 5.41) is 3.98. The second kappa shape index (κ2) is 10.5. The average Bonchev–Trinajstić information content (AvgIpc) is 3.25. The van der Waals surface area contributed by atoms with Crippen molar-refractivity contribution >= 4 is 22.6 Å². The van der Waals surface area contributed by atoms with E-state index in [2.05, 4.69) is 56.0 Å². The second-order valence-corrected chi connectivity index (χ2v) is 8.85. The van der Waals surface area contributed by atoms with Crippen molar-refractivity contribution in [2.75, 3.05) is 31.6 Å². The summed E-state index contributed by atoms with van der Waals surface area (Å²) in [6.07, 6.45) is 2.68. The lowest BCUT2D eigenvalue weighted by molar-refractivity contribution is -0.120. The molecule has 1 amide bonds. The second-order valence-electron chi connectivity index (χ2n) is 8.12. The van der Waals surface area contributed by atoms with E-state index in [4.69, 9.17) is 0 Å². The van der Waals surface area contributed by atoms with Crippen LogP contribution in [0.2, 0.25) is 0 Å². The summed E-state index contributed by atoms with van der Waals surface area (Å²) in [4.78, 5) is 21.5. The van der Waals surface area contributed by atoms with Crippen molar-refractivity contribution in [3.8, 4) is 0 Å². The molecule has 0 saturated carbocycles.